The molecule has 5 nitrogen and oxygen atoms in total. The molecule has 0 aliphatic rings. The first-order chi connectivity index (χ1) is 11.9. The van der Waals surface area contributed by atoms with E-state index in [9.17, 15) is 4.79 Å². The maximum Gasteiger partial charge on any atom is 0.238 e. The van der Waals surface area contributed by atoms with Gasteiger partial charge in [-0.15, -0.1) is 0 Å². The summed E-state index contributed by atoms with van der Waals surface area (Å²) in [5.74, 6) is -0.0218. The van der Waals surface area contributed by atoms with Gasteiger partial charge in [0.15, 0.2) is 0 Å². The van der Waals surface area contributed by atoms with Crippen molar-refractivity contribution >= 4 is 33.2 Å². The quantitative estimate of drug-likeness (QED) is 0.708. The van der Waals surface area contributed by atoms with Crippen molar-refractivity contribution in [1.29, 1.82) is 0 Å². The molecule has 0 fully saturated rings. The highest BCUT2D eigenvalue weighted by Crippen LogP contribution is 2.19. The molecule has 25 heavy (non-hydrogen) atoms. The van der Waals surface area contributed by atoms with E-state index in [1.165, 1.54) is 0 Å². The standard InChI is InChI=1S/C19H21BrN4O/c1-13-5-4-6-14(2)19(13)22-18(25)12-23(3)10-16-11-24-9-15(20)7-8-17(24)21-16/h4-9,11H,10,12H2,1-3H3,(H,22,25). The van der Waals surface area contributed by atoms with Gasteiger partial charge >= 0.3 is 0 Å². The smallest absolute Gasteiger partial charge is 0.238 e. The van der Waals surface area contributed by atoms with Gasteiger partial charge in [0.1, 0.15) is 5.65 Å². The first kappa shape index (κ1) is 17.6. The van der Waals surface area contributed by atoms with E-state index >= 15 is 0 Å². The summed E-state index contributed by atoms with van der Waals surface area (Å²) in [6.45, 7) is 4.92. The average Bonchev–Trinajstić information content (AvgIpc) is 2.92. The van der Waals surface area contributed by atoms with Crippen LogP contribution in [0.2, 0.25) is 0 Å². The Morgan fingerprint density at radius 3 is 2.64 bits per heavy atom. The van der Waals surface area contributed by atoms with Crippen molar-refractivity contribution in [1.82, 2.24) is 14.3 Å². The van der Waals surface area contributed by atoms with Gasteiger partial charge in [-0.05, 0) is 60.1 Å². The van der Waals surface area contributed by atoms with Gasteiger partial charge in [0, 0.05) is 29.1 Å². The minimum atomic E-state index is -0.0218. The molecule has 0 spiro atoms. The van der Waals surface area contributed by atoms with Crippen LogP contribution in [0.15, 0.2) is 47.2 Å². The van der Waals surface area contributed by atoms with Gasteiger partial charge in [-0.3, -0.25) is 9.69 Å². The molecule has 3 rings (SSSR count). The summed E-state index contributed by atoms with van der Waals surface area (Å²) in [4.78, 5) is 18.9. The second-order valence-corrected chi connectivity index (χ2v) is 7.25. The second kappa shape index (κ2) is 7.37. The summed E-state index contributed by atoms with van der Waals surface area (Å²) in [5.41, 5.74) is 4.87. The molecular formula is C19H21BrN4O. The first-order valence-electron chi connectivity index (χ1n) is 8.10. The van der Waals surface area contributed by atoms with Crippen molar-refractivity contribution in [2.75, 3.05) is 18.9 Å². The summed E-state index contributed by atoms with van der Waals surface area (Å²) in [6.07, 6.45) is 3.96. The number of anilines is 1. The summed E-state index contributed by atoms with van der Waals surface area (Å²) < 4.78 is 2.98. The van der Waals surface area contributed by atoms with E-state index in [-0.39, 0.29) is 5.91 Å². The third-order valence-electron chi connectivity index (χ3n) is 4.06. The zero-order valence-corrected chi connectivity index (χ0v) is 16.2. The van der Waals surface area contributed by atoms with Gasteiger partial charge in [-0.2, -0.15) is 0 Å². The van der Waals surface area contributed by atoms with Crippen LogP contribution >= 0.6 is 15.9 Å². The second-order valence-electron chi connectivity index (χ2n) is 6.33. The third-order valence-corrected chi connectivity index (χ3v) is 4.52. The Kier molecular flexibility index (Phi) is 5.20. The highest BCUT2D eigenvalue weighted by molar-refractivity contribution is 9.10. The van der Waals surface area contributed by atoms with Gasteiger partial charge in [-0.1, -0.05) is 18.2 Å². The number of aromatic nitrogens is 2. The average molecular weight is 401 g/mol. The number of fused-ring (bicyclic) bond motifs is 1. The van der Waals surface area contributed by atoms with Crippen LogP contribution in [-0.2, 0) is 11.3 Å². The van der Waals surface area contributed by atoms with Gasteiger partial charge in [0.25, 0.3) is 0 Å². The van der Waals surface area contributed by atoms with Crippen LogP contribution in [0.3, 0.4) is 0 Å². The Labute approximate surface area is 155 Å². The number of halogens is 1. The number of amides is 1. The molecule has 3 aromatic rings. The Bertz CT molecular complexity index is 899. The van der Waals surface area contributed by atoms with Crippen molar-refractivity contribution in [2.45, 2.75) is 20.4 Å². The van der Waals surface area contributed by atoms with Gasteiger partial charge in [0.05, 0.1) is 12.2 Å². The van der Waals surface area contributed by atoms with Crippen LogP contribution in [0.4, 0.5) is 5.69 Å². The number of likely N-dealkylation sites (N-methyl/N-ethyl adjacent to an activating group) is 1. The van der Waals surface area contributed by atoms with Crippen molar-refractivity contribution < 1.29 is 4.79 Å². The predicted octanol–water partition coefficient (Wildman–Crippen LogP) is 3.78. The molecule has 1 N–H and O–H groups in total. The summed E-state index contributed by atoms with van der Waals surface area (Å²) >= 11 is 3.46. The van der Waals surface area contributed by atoms with Crippen LogP contribution in [-0.4, -0.2) is 33.8 Å². The van der Waals surface area contributed by atoms with E-state index in [0.717, 1.165) is 32.6 Å². The lowest BCUT2D eigenvalue weighted by Gasteiger charge is -2.16. The number of nitrogens with one attached hydrogen (secondary N) is 1. The number of carbonyl (C=O) groups is 1. The number of benzene rings is 1. The van der Waals surface area contributed by atoms with Crippen molar-refractivity contribution in [3.63, 3.8) is 0 Å². The lowest BCUT2D eigenvalue weighted by Crippen LogP contribution is -2.30. The molecule has 0 radical (unpaired) electrons. The lowest BCUT2D eigenvalue weighted by atomic mass is 10.1. The van der Waals surface area contributed by atoms with Crippen LogP contribution in [0.5, 0.6) is 0 Å². The van der Waals surface area contributed by atoms with Crippen LogP contribution in [0.25, 0.3) is 5.65 Å². The van der Waals surface area contributed by atoms with Crippen LogP contribution in [0, 0.1) is 13.8 Å². The number of nitrogens with zero attached hydrogens (tertiary/aromatic N) is 3. The topological polar surface area (TPSA) is 49.6 Å². The summed E-state index contributed by atoms with van der Waals surface area (Å²) in [6, 6.07) is 9.92. The zero-order chi connectivity index (χ0) is 18.0. The highest BCUT2D eigenvalue weighted by Gasteiger charge is 2.12. The maximum absolute atomic E-state index is 12.3. The van der Waals surface area contributed by atoms with Crippen molar-refractivity contribution in [2.24, 2.45) is 0 Å². The van der Waals surface area contributed by atoms with E-state index in [4.69, 9.17) is 0 Å². The maximum atomic E-state index is 12.3. The molecule has 6 heteroatoms. The van der Waals surface area contributed by atoms with Gasteiger partial charge in [-0.25, -0.2) is 4.98 Å². The molecule has 0 aliphatic heterocycles. The van der Waals surface area contributed by atoms with E-state index in [2.05, 4.69) is 26.2 Å². The molecule has 0 aliphatic carbocycles. The fraction of sp³-hybridized carbons (Fsp3) is 0.263. The first-order valence-corrected chi connectivity index (χ1v) is 8.89. The van der Waals surface area contributed by atoms with E-state index in [1.54, 1.807) is 0 Å². The van der Waals surface area contributed by atoms with Crippen molar-refractivity contribution in [3.8, 4) is 0 Å². The van der Waals surface area contributed by atoms with E-state index in [0.29, 0.717) is 13.1 Å². The number of aryl methyl sites for hydroxylation is 2. The Morgan fingerprint density at radius 2 is 1.92 bits per heavy atom. The summed E-state index contributed by atoms with van der Waals surface area (Å²) in [5, 5.41) is 3.02. The molecule has 2 heterocycles. The van der Waals surface area contributed by atoms with Gasteiger partial charge < -0.3 is 9.72 Å². The minimum absolute atomic E-state index is 0.0218. The normalized spacial score (nSPS) is 11.2. The predicted molar refractivity (Wildman–Crippen MR) is 104 cm³/mol. The van der Waals surface area contributed by atoms with Crippen molar-refractivity contribution in [3.05, 3.63) is 64.0 Å². The fourth-order valence-corrected chi connectivity index (χ4v) is 3.21. The zero-order valence-electron chi connectivity index (χ0n) is 14.6. The molecular weight excluding hydrogens is 380 g/mol. The largest absolute Gasteiger partial charge is 0.324 e. The SMILES string of the molecule is Cc1cccc(C)c1NC(=O)CN(C)Cc1cn2cc(Br)ccc2n1. The molecule has 2 aromatic heterocycles. The Hall–Kier alpha value is -2.18. The van der Waals surface area contributed by atoms with E-state index in [1.807, 2.05) is 72.9 Å². The molecule has 130 valence electrons. The molecule has 0 atom stereocenters. The number of hydrogen-bond donors (Lipinski definition) is 1. The number of hydrogen-bond acceptors (Lipinski definition) is 3. The highest BCUT2D eigenvalue weighted by atomic mass is 79.9. The Morgan fingerprint density at radius 1 is 1.20 bits per heavy atom. The molecule has 1 amide bonds. The van der Waals surface area contributed by atoms with Crippen LogP contribution in [0.1, 0.15) is 16.8 Å². The number of rotatable bonds is 5. The molecule has 0 bridgehead atoms. The minimum Gasteiger partial charge on any atom is -0.324 e. The fourth-order valence-electron chi connectivity index (χ4n) is 2.86. The summed E-state index contributed by atoms with van der Waals surface area (Å²) in [7, 11) is 1.92. The Balaban J connectivity index is 1.63. The molecule has 1 aromatic carbocycles. The third kappa shape index (κ3) is 4.27. The number of imidazole rings is 1. The lowest BCUT2D eigenvalue weighted by molar-refractivity contribution is -0.117. The van der Waals surface area contributed by atoms with Crippen LogP contribution < -0.4 is 5.32 Å². The number of para-hydroxylation sites is 1. The van der Waals surface area contributed by atoms with E-state index < -0.39 is 0 Å². The molecule has 0 unspecified atom stereocenters. The number of carbonyl (C=O) groups excluding carboxylic acids is 1. The van der Waals surface area contributed by atoms with Gasteiger partial charge in [0.2, 0.25) is 5.91 Å². The molecule has 0 saturated heterocycles. The monoisotopic (exact) mass is 400 g/mol. The molecule has 0 saturated carbocycles. The number of pyridine rings is 1.